The van der Waals surface area contributed by atoms with E-state index in [0.717, 1.165) is 0 Å². The number of rotatable bonds is 4. The molecule has 0 fully saturated rings. The Labute approximate surface area is 107 Å². The fourth-order valence-electron chi connectivity index (χ4n) is 1.40. The molecule has 0 radical (unpaired) electrons. The van der Waals surface area contributed by atoms with Gasteiger partial charge in [-0.2, -0.15) is 0 Å². The molecule has 0 bridgehead atoms. The number of carbonyl (C=O) groups excluding carboxylic acids is 1. The summed E-state index contributed by atoms with van der Waals surface area (Å²) in [4.78, 5) is 12.1. The topological polar surface area (TPSA) is 55.1 Å². The average molecular weight is 255 g/mol. The van der Waals surface area contributed by atoms with Gasteiger partial charge in [-0.3, -0.25) is 4.79 Å². The molecule has 94 valence electrons. The summed E-state index contributed by atoms with van der Waals surface area (Å²) in [6, 6.07) is 6.99. The molecule has 1 aromatic rings. The molecule has 1 rings (SSSR count). The molecule has 1 unspecified atom stereocenters. The predicted octanol–water partition coefficient (Wildman–Crippen LogP) is 2.44. The number of nitrogens with two attached hydrogens (primary N) is 1. The van der Waals surface area contributed by atoms with Crippen LogP contribution in [-0.2, 0) is 0 Å². The number of hydrogen-bond donors (Lipinski definition) is 2. The number of nitrogens with one attached hydrogen (secondary N) is 1. The smallest absolute Gasteiger partial charge is 0.253 e. The van der Waals surface area contributed by atoms with Crippen LogP contribution in [0.2, 0.25) is 5.02 Å². The Morgan fingerprint density at radius 2 is 2.06 bits per heavy atom. The third-order valence-corrected chi connectivity index (χ3v) is 3.55. The Kier molecular flexibility index (Phi) is 4.54. The molecule has 0 saturated heterocycles. The summed E-state index contributed by atoms with van der Waals surface area (Å²) in [5.41, 5.74) is 5.79. The van der Waals surface area contributed by atoms with E-state index in [1.54, 1.807) is 24.3 Å². The average Bonchev–Trinajstić information content (AvgIpc) is 2.29. The highest BCUT2D eigenvalue weighted by Crippen LogP contribution is 2.19. The molecule has 0 aliphatic heterocycles. The number of carbonyl (C=O) groups is 1. The Morgan fingerprint density at radius 3 is 2.53 bits per heavy atom. The second-order valence-electron chi connectivity index (χ2n) is 4.71. The first kappa shape index (κ1) is 14.0. The van der Waals surface area contributed by atoms with Crippen molar-refractivity contribution in [1.29, 1.82) is 0 Å². The molecule has 3 N–H and O–H groups in total. The van der Waals surface area contributed by atoms with Crippen LogP contribution in [0.1, 0.15) is 31.1 Å². The normalized spacial score (nSPS) is 14.5. The summed E-state index contributed by atoms with van der Waals surface area (Å²) in [5, 5.41) is 3.40. The van der Waals surface area contributed by atoms with Crippen molar-refractivity contribution in [2.24, 2.45) is 11.7 Å². The van der Waals surface area contributed by atoms with E-state index in [1.807, 2.05) is 20.8 Å². The highest BCUT2D eigenvalue weighted by Gasteiger charge is 2.29. The molecule has 17 heavy (non-hydrogen) atoms. The van der Waals surface area contributed by atoms with Crippen LogP contribution < -0.4 is 11.1 Å². The van der Waals surface area contributed by atoms with E-state index in [4.69, 9.17) is 17.3 Å². The van der Waals surface area contributed by atoms with Gasteiger partial charge in [-0.05, 0) is 25.0 Å². The third-order valence-electron chi connectivity index (χ3n) is 3.22. The molecule has 3 nitrogen and oxygen atoms in total. The van der Waals surface area contributed by atoms with Crippen LogP contribution in [0.4, 0.5) is 0 Å². The van der Waals surface area contributed by atoms with Crippen molar-refractivity contribution in [2.45, 2.75) is 26.3 Å². The molecule has 1 amide bonds. The zero-order valence-corrected chi connectivity index (χ0v) is 11.2. The van der Waals surface area contributed by atoms with Gasteiger partial charge in [-0.25, -0.2) is 0 Å². The van der Waals surface area contributed by atoms with Gasteiger partial charge in [0.05, 0.1) is 16.1 Å². The van der Waals surface area contributed by atoms with Crippen LogP contribution >= 0.6 is 11.6 Å². The lowest BCUT2D eigenvalue weighted by Gasteiger charge is -2.33. The van der Waals surface area contributed by atoms with Crippen molar-refractivity contribution >= 4 is 17.5 Å². The quantitative estimate of drug-likeness (QED) is 0.867. The van der Waals surface area contributed by atoms with Gasteiger partial charge in [0.25, 0.3) is 5.91 Å². The summed E-state index contributed by atoms with van der Waals surface area (Å²) in [6.45, 7) is 6.38. The summed E-state index contributed by atoms with van der Waals surface area (Å²) in [6.07, 6.45) is 0. The van der Waals surface area contributed by atoms with Crippen LogP contribution in [-0.4, -0.2) is 18.0 Å². The lowest BCUT2D eigenvalue weighted by atomic mass is 9.88. The molecule has 0 aliphatic carbocycles. The van der Waals surface area contributed by atoms with Crippen LogP contribution in [0.3, 0.4) is 0 Å². The molecule has 0 saturated carbocycles. The summed E-state index contributed by atoms with van der Waals surface area (Å²) in [5.74, 6) is 0.0659. The minimum atomic E-state index is -0.420. The second kappa shape index (κ2) is 5.52. The van der Waals surface area contributed by atoms with Crippen LogP contribution in [0, 0.1) is 5.92 Å². The zero-order valence-electron chi connectivity index (χ0n) is 10.5. The minimum Gasteiger partial charge on any atom is -0.345 e. The monoisotopic (exact) mass is 254 g/mol. The number of hydrogen-bond acceptors (Lipinski definition) is 2. The lowest BCUT2D eigenvalue weighted by Crippen LogP contribution is -2.55. The van der Waals surface area contributed by atoms with Gasteiger partial charge in [0.2, 0.25) is 0 Å². The summed E-state index contributed by atoms with van der Waals surface area (Å²) < 4.78 is 0. The maximum absolute atomic E-state index is 12.1. The molecule has 1 aromatic carbocycles. The number of benzene rings is 1. The molecule has 4 heteroatoms. The van der Waals surface area contributed by atoms with Crippen molar-refractivity contribution in [2.75, 3.05) is 6.54 Å². The second-order valence-corrected chi connectivity index (χ2v) is 5.12. The molecule has 0 aliphatic rings. The summed E-state index contributed by atoms with van der Waals surface area (Å²) >= 11 is 5.98. The first-order valence-electron chi connectivity index (χ1n) is 5.68. The largest absolute Gasteiger partial charge is 0.345 e. The molecule has 0 heterocycles. The Bertz CT molecular complexity index is 406. The van der Waals surface area contributed by atoms with E-state index in [0.29, 0.717) is 17.1 Å². The van der Waals surface area contributed by atoms with Gasteiger partial charge in [-0.15, -0.1) is 0 Å². The molecule has 1 atom stereocenters. The SMILES string of the molecule is CC(C)C(C)(CN)NC(=O)c1ccccc1Cl. The Hall–Kier alpha value is -1.06. The van der Waals surface area contributed by atoms with E-state index >= 15 is 0 Å². The minimum absolute atomic E-state index is 0.183. The van der Waals surface area contributed by atoms with Gasteiger partial charge < -0.3 is 11.1 Å². The predicted molar refractivity (Wildman–Crippen MR) is 71.2 cm³/mol. The van der Waals surface area contributed by atoms with Crippen molar-refractivity contribution in [1.82, 2.24) is 5.32 Å². The van der Waals surface area contributed by atoms with E-state index in [9.17, 15) is 4.79 Å². The van der Waals surface area contributed by atoms with Gasteiger partial charge in [0.15, 0.2) is 0 Å². The van der Waals surface area contributed by atoms with Crippen LogP contribution in [0.25, 0.3) is 0 Å². The standard InChI is InChI=1S/C13H19ClN2O/c1-9(2)13(3,8-15)16-12(17)10-6-4-5-7-11(10)14/h4-7,9H,8,15H2,1-3H3,(H,16,17). The Balaban J connectivity index is 2.90. The first-order valence-corrected chi connectivity index (χ1v) is 6.05. The highest BCUT2D eigenvalue weighted by molar-refractivity contribution is 6.33. The molecular formula is C13H19ClN2O. The van der Waals surface area contributed by atoms with Gasteiger partial charge >= 0.3 is 0 Å². The van der Waals surface area contributed by atoms with Crippen molar-refractivity contribution < 1.29 is 4.79 Å². The number of amides is 1. The van der Waals surface area contributed by atoms with Crippen molar-refractivity contribution in [3.8, 4) is 0 Å². The third kappa shape index (κ3) is 3.20. The van der Waals surface area contributed by atoms with Gasteiger partial charge in [-0.1, -0.05) is 37.6 Å². The lowest BCUT2D eigenvalue weighted by molar-refractivity contribution is 0.0883. The maximum Gasteiger partial charge on any atom is 0.253 e. The van der Waals surface area contributed by atoms with E-state index in [1.165, 1.54) is 0 Å². The zero-order chi connectivity index (χ0) is 13.1. The molecule has 0 aromatic heterocycles. The van der Waals surface area contributed by atoms with Crippen LogP contribution in [0.5, 0.6) is 0 Å². The van der Waals surface area contributed by atoms with Gasteiger partial charge in [0, 0.05) is 6.54 Å². The van der Waals surface area contributed by atoms with Crippen molar-refractivity contribution in [3.63, 3.8) is 0 Å². The van der Waals surface area contributed by atoms with Crippen LogP contribution in [0.15, 0.2) is 24.3 Å². The molecular weight excluding hydrogens is 236 g/mol. The fourth-order valence-corrected chi connectivity index (χ4v) is 1.62. The van der Waals surface area contributed by atoms with E-state index in [-0.39, 0.29) is 11.8 Å². The van der Waals surface area contributed by atoms with E-state index < -0.39 is 5.54 Å². The highest BCUT2D eigenvalue weighted by atomic mass is 35.5. The first-order chi connectivity index (χ1) is 7.90. The number of halogens is 1. The Morgan fingerprint density at radius 1 is 1.47 bits per heavy atom. The van der Waals surface area contributed by atoms with E-state index in [2.05, 4.69) is 5.32 Å². The van der Waals surface area contributed by atoms with Crippen molar-refractivity contribution in [3.05, 3.63) is 34.9 Å². The maximum atomic E-state index is 12.1. The van der Waals surface area contributed by atoms with Gasteiger partial charge in [0.1, 0.15) is 0 Å². The fraction of sp³-hybridized carbons (Fsp3) is 0.462. The summed E-state index contributed by atoms with van der Waals surface area (Å²) in [7, 11) is 0. The molecule has 0 spiro atoms.